The molecule has 0 bridgehead atoms. The first-order valence-corrected chi connectivity index (χ1v) is 9.50. The molecule has 2 aliphatic carbocycles. The minimum atomic E-state index is -2.96. The lowest BCUT2D eigenvalue weighted by Crippen LogP contribution is -2.45. The molecule has 5 nitrogen and oxygen atoms in total. The van der Waals surface area contributed by atoms with E-state index in [4.69, 9.17) is 4.74 Å². The van der Waals surface area contributed by atoms with Crippen molar-refractivity contribution >= 4 is 17.8 Å². The van der Waals surface area contributed by atoms with Crippen LogP contribution in [0, 0.1) is 11.8 Å². The van der Waals surface area contributed by atoms with Crippen LogP contribution in [0.1, 0.15) is 43.9 Å². The van der Waals surface area contributed by atoms with E-state index >= 15 is 0 Å². The lowest BCUT2D eigenvalue weighted by atomic mass is 9.91. The van der Waals surface area contributed by atoms with Gasteiger partial charge in [0.15, 0.2) is 0 Å². The van der Waals surface area contributed by atoms with E-state index in [2.05, 4.69) is 0 Å². The highest BCUT2D eigenvalue weighted by atomic mass is 19.3. The molecule has 29 heavy (non-hydrogen) atoms. The van der Waals surface area contributed by atoms with Gasteiger partial charge in [-0.15, -0.1) is 0 Å². The number of hydrogen-bond acceptors (Lipinski definition) is 4. The minimum Gasteiger partial charge on any atom is -0.458 e. The van der Waals surface area contributed by atoms with E-state index in [0.29, 0.717) is 0 Å². The number of rotatable bonds is 3. The van der Waals surface area contributed by atoms with E-state index in [1.807, 2.05) is 0 Å². The fourth-order valence-corrected chi connectivity index (χ4v) is 4.68. The minimum absolute atomic E-state index is 0.0147. The summed E-state index contributed by atoms with van der Waals surface area (Å²) in [5.41, 5.74) is 0.830. The van der Waals surface area contributed by atoms with Crippen LogP contribution in [0.2, 0.25) is 0 Å². The number of hydrogen-bond donors (Lipinski definition) is 0. The molecule has 2 saturated carbocycles. The normalized spacial score (nSPS) is 29.2. The van der Waals surface area contributed by atoms with Gasteiger partial charge in [0.1, 0.15) is 6.10 Å². The molecule has 2 fully saturated rings. The number of ether oxygens (including phenoxy) is 1. The van der Waals surface area contributed by atoms with E-state index in [1.54, 1.807) is 54.6 Å². The summed E-state index contributed by atoms with van der Waals surface area (Å²) in [4.78, 5) is 39.0. The van der Waals surface area contributed by atoms with Crippen molar-refractivity contribution in [2.24, 2.45) is 11.8 Å². The Hall–Kier alpha value is -3.09. The summed E-state index contributed by atoms with van der Waals surface area (Å²) in [6, 6.07) is 13.9. The predicted octanol–water partition coefficient (Wildman–Crippen LogP) is 3.55. The Balaban J connectivity index is 1.40. The number of carbonyl (C=O) groups is 3. The number of alkyl halides is 2. The van der Waals surface area contributed by atoms with Crippen LogP contribution in [0.15, 0.2) is 54.6 Å². The van der Waals surface area contributed by atoms with Crippen molar-refractivity contribution in [3.63, 3.8) is 0 Å². The van der Waals surface area contributed by atoms with Gasteiger partial charge in [-0.1, -0.05) is 30.3 Å². The van der Waals surface area contributed by atoms with Crippen LogP contribution in [0.25, 0.3) is 0 Å². The molecule has 2 aromatic carbocycles. The highest BCUT2D eigenvalue weighted by Gasteiger charge is 2.74. The van der Waals surface area contributed by atoms with Crippen LogP contribution in [0.4, 0.5) is 8.78 Å². The van der Waals surface area contributed by atoms with Gasteiger partial charge in [-0.25, -0.2) is 13.6 Å². The van der Waals surface area contributed by atoms with Crippen molar-refractivity contribution < 1.29 is 27.9 Å². The van der Waals surface area contributed by atoms with Crippen molar-refractivity contribution in [1.82, 2.24) is 4.90 Å². The van der Waals surface area contributed by atoms with Gasteiger partial charge in [-0.2, -0.15) is 0 Å². The van der Waals surface area contributed by atoms with Crippen LogP contribution >= 0.6 is 0 Å². The Kier molecular flexibility index (Phi) is 3.84. The average molecular weight is 397 g/mol. The number of benzene rings is 2. The molecule has 2 unspecified atom stereocenters. The van der Waals surface area contributed by atoms with Gasteiger partial charge in [-0.05, 0) is 30.7 Å². The maximum Gasteiger partial charge on any atom is 0.338 e. The summed E-state index contributed by atoms with van der Waals surface area (Å²) >= 11 is 0. The summed E-state index contributed by atoms with van der Waals surface area (Å²) in [6.07, 6.45) is -1.02. The molecule has 2 amide bonds. The van der Waals surface area contributed by atoms with E-state index < -0.39 is 47.7 Å². The second-order valence-electron chi connectivity index (χ2n) is 7.77. The second kappa shape index (κ2) is 6.20. The first-order chi connectivity index (χ1) is 13.9. The molecule has 148 valence electrons. The number of amides is 2. The van der Waals surface area contributed by atoms with Crippen LogP contribution in [0.3, 0.4) is 0 Å². The molecule has 5 rings (SSSR count). The van der Waals surface area contributed by atoms with E-state index in [0.717, 1.165) is 4.90 Å². The van der Waals surface area contributed by atoms with Crippen molar-refractivity contribution in [2.75, 3.05) is 0 Å². The highest BCUT2D eigenvalue weighted by Crippen LogP contribution is 2.63. The number of fused-ring (bicyclic) bond motifs is 2. The summed E-state index contributed by atoms with van der Waals surface area (Å²) in [5.74, 6) is -6.67. The highest BCUT2D eigenvalue weighted by molar-refractivity contribution is 6.21. The molecule has 0 radical (unpaired) electrons. The smallest absolute Gasteiger partial charge is 0.338 e. The van der Waals surface area contributed by atoms with E-state index in [1.165, 1.54) is 0 Å². The Morgan fingerprint density at radius 3 is 2.14 bits per heavy atom. The molecule has 0 N–H and O–H groups in total. The van der Waals surface area contributed by atoms with Gasteiger partial charge >= 0.3 is 5.97 Å². The van der Waals surface area contributed by atoms with Gasteiger partial charge in [0.2, 0.25) is 0 Å². The van der Waals surface area contributed by atoms with Gasteiger partial charge in [0.25, 0.3) is 17.7 Å². The topological polar surface area (TPSA) is 63.7 Å². The molecule has 3 aliphatic rings. The van der Waals surface area contributed by atoms with Gasteiger partial charge in [0, 0.05) is 18.4 Å². The monoisotopic (exact) mass is 397 g/mol. The maximum atomic E-state index is 14.3. The lowest BCUT2D eigenvalue weighted by Gasteiger charge is -2.32. The van der Waals surface area contributed by atoms with Crippen LogP contribution in [-0.4, -0.2) is 40.8 Å². The average Bonchev–Trinajstić information content (AvgIpc) is 3.19. The maximum absolute atomic E-state index is 14.3. The molecular weight excluding hydrogens is 380 g/mol. The van der Waals surface area contributed by atoms with Gasteiger partial charge in [0.05, 0.1) is 22.6 Å². The third-order valence-corrected chi connectivity index (χ3v) is 6.15. The standard InChI is InChI=1S/C22H17F2NO4/c23-22(24)16-10-13(25-19(26)14-8-4-5-9-15(14)20(25)27)11-17(18(16)22)29-21(28)12-6-2-1-3-7-12/h1-9,13,16-18H,10-11H2/t13-,16?,17-,18?/m1/s1. The zero-order chi connectivity index (χ0) is 20.3. The molecule has 0 saturated heterocycles. The van der Waals surface area contributed by atoms with Gasteiger partial charge in [-0.3, -0.25) is 14.5 Å². The fourth-order valence-electron chi connectivity index (χ4n) is 4.68. The summed E-state index contributed by atoms with van der Waals surface area (Å²) in [7, 11) is 0. The van der Waals surface area contributed by atoms with Crippen molar-refractivity contribution in [2.45, 2.75) is 30.9 Å². The first kappa shape index (κ1) is 18.0. The van der Waals surface area contributed by atoms with Crippen LogP contribution < -0.4 is 0 Å². The number of esters is 1. The van der Waals surface area contributed by atoms with Crippen molar-refractivity contribution in [3.8, 4) is 0 Å². The number of halogens is 2. The Labute approximate surface area is 165 Å². The van der Waals surface area contributed by atoms with E-state index in [-0.39, 0.29) is 29.5 Å². The Morgan fingerprint density at radius 1 is 0.931 bits per heavy atom. The third-order valence-electron chi connectivity index (χ3n) is 6.15. The largest absolute Gasteiger partial charge is 0.458 e. The molecule has 2 aromatic rings. The van der Waals surface area contributed by atoms with E-state index in [9.17, 15) is 23.2 Å². The Bertz CT molecular complexity index is 987. The quantitative estimate of drug-likeness (QED) is 0.587. The first-order valence-electron chi connectivity index (χ1n) is 9.50. The SMILES string of the molecule is O=C(O[C@@H]1C[C@H](N2C(=O)c3ccccc3C2=O)CC2C1C2(F)F)c1ccccc1. The van der Waals surface area contributed by atoms with Crippen LogP contribution in [-0.2, 0) is 4.74 Å². The summed E-state index contributed by atoms with van der Waals surface area (Å²) < 4.78 is 34.1. The molecule has 1 aliphatic heterocycles. The number of imide groups is 1. The summed E-state index contributed by atoms with van der Waals surface area (Å²) in [6.45, 7) is 0. The molecule has 7 heteroatoms. The molecule has 0 spiro atoms. The zero-order valence-corrected chi connectivity index (χ0v) is 15.3. The number of carbonyl (C=O) groups excluding carboxylic acids is 3. The molecule has 0 aromatic heterocycles. The summed E-state index contributed by atoms with van der Waals surface area (Å²) in [5, 5.41) is 0. The predicted molar refractivity (Wildman–Crippen MR) is 97.5 cm³/mol. The van der Waals surface area contributed by atoms with Crippen molar-refractivity contribution in [3.05, 3.63) is 71.3 Å². The van der Waals surface area contributed by atoms with Gasteiger partial charge < -0.3 is 4.74 Å². The zero-order valence-electron chi connectivity index (χ0n) is 15.3. The number of nitrogens with zero attached hydrogens (tertiary/aromatic N) is 1. The van der Waals surface area contributed by atoms with Crippen LogP contribution in [0.5, 0.6) is 0 Å². The molecule has 4 atom stereocenters. The van der Waals surface area contributed by atoms with Crippen molar-refractivity contribution in [1.29, 1.82) is 0 Å². The fraction of sp³-hybridized carbons (Fsp3) is 0.318. The second-order valence-corrected chi connectivity index (χ2v) is 7.77. The molecular formula is C22H17F2NO4. The lowest BCUT2D eigenvalue weighted by molar-refractivity contribution is -0.00486. The Morgan fingerprint density at radius 2 is 1.52 bits per heavy atom. The molecule has 1 heterocycles. The third kappa shape index (κ3) is 2.68.